The van der Waals surface area contributed by atoms with E-state index < -0.39 is 16.0 Å². The van der Waals surface area contributed by atoms with Crippen LogP contribution < -0.4 is 4.72 Å². The van der Waals surface area contributed by atoms with Crippen molar-refractivity contribution in [2.45, 2.75) is 30.6 Å². The lowest BCUT2D eigenvalue weighted by Crippen LogP contribution is -2.32. The van der Waals surface area contributed by atoms with Gasteiger partial charge in [-0.2, -0.15) is 0 Å². The summed E-state index contributed by atoms with van der Waals surface area (Å²) in [6.07, 6.45) is 2.59. The summed E-state index contributed by atoms with van der Waals surface area (Å²) in [7, 11) is -3.67. The lowest BCUT2D eigenvalue weighted by molar-refractivity contribution is -0.143. The van der Waals surface area contributed by atoms with Crippen LogP contribution >= 0.6 is 34.5 Å². The van der Waals surface area contributed by atoms with Crippen LogP contribution in [0.1, 0.15) is 25.7 Å². The van der Waals surface area contributed by atoms with Gasteiger partial charge in [-0.05, 0) is 37.7 Å². The highest BCUT2D eigenvalue weighted by molar-refractivity contribution is 7.89. The van der Waals surface area contributed by atoms with Crippen molar-refractivity contribution in [1.82, 2.24) is 4.72 Å². The molecule has 0 radical (unpaired) electrons. The molecule has 0 unspecified atom stereocenters. The molecule has 1 saturated carbocycles. The molecular formula is C12H15Cl2NO4S2. The quantitative estimate of drug-likeness (QED) is 0.831. The fourth-order valence-corrected chi connectivity index (χ4v) is 5.69. The van der Waals surface area contributed by atoms with E-state index in [0.29, 0.717) is 36.6 Å². The molecule has 0 aliphatic heterocycles. The van der Waals surface area contributed by atoms with Gasteiger partial charge in [-0.15, -0.1) is 11.3 Å². The van der Waals surface area contributed by atoms with E-state index >= 15 is 0 Å². The van der Waals surface area contributed by atoms with E-state index in [2.05, 4.69) is 4.72 Å². The molecule has 21 heavy (non-hydrogen) atoms. The molecule has 0 atom stereocenters. The minimum atomic E-state index is -3.67. The second-order valence-electron chi connectivity index (χ2n) is 5.10. The molecule has 0 amide bonds. The summed E-state index contributed by atoms with van der Waals surface area (Å²) < 4.78 is 27.3. The van der Waals surface area contributed by atoms with E-state index in [9.17, 15) is 13.2 Å². The third kappa shape index (κ3) is 4.32. The third-order valence-electron chi connectivity index (χ3n) is 3.67. The summed E-state index contributed by atoms with van der Waals surface area (Å²) in [5, 5.41) is 8.93. The topological polar surface area (TPSA) is 83.5 Å². The van der Waals surface area contributed by atoms with E-state index in [1.54, 1.807) is 0 Å². The van der Waals surface area contributed by atoms with Gasteiger partial charge in [0.05, 0.1) is 10.3 Å². The molecule has 2 N–H and O–H groups in total. The zero-order valence-corrected chi connectivity index (χ0v) is 14.2. The van der Waals surface area contributed by atoms with E-state index in [1.807, 2.05) is 0 Å². The van der Waals surface area contributed by atoms with Crippen molar-refractivity contribution in [3.63, 3.8) is 0 Å². The highest BCUT2D eigenvalue weighted by Gasteiger charge is 2.27. The number of rotatable bonds is 5. The molecule has 5 nitrogen and oxygen atoms in total. The third-order valence-corrected chi connectivity index (χ3v) is 6.85. The van der Waals surface area contributed by atoms with Gasteiger partial charge < -0.3 is 5.11 Å². The van der Waals surface area contributed by atoms with Crippen LogP contribution in [0.2, 0.25) is 8.67 Å². The van der Waals surface area contributed by atoms with Gasteiger partial charge in [0.15, 0.2) is 0 Å². The molecule has 0 aromatic carbocycles. The summed E-state index contributed by atoms with van der Waals surface area (Å²) in [5.74, 6) is -0.917. The fraction of sp³-hybridized carbons (Fsp3) is 0.583. The standard InChI is InChI=1S/C12H15Cl2NO4S2/c13-10-5-9(11(14)20-10)21(18,19)15-6-7-1-3-8(4-2-7)12(16)17/h5,7-8,15H,1-4,6H2,(H,16,17). The molecule has 2 rings (SSSR count). The highest BCUT2D eigenvalue weighted by atomic mass is 35.5. The largest absolute Gasteiger partial charge is 0.481 e. The summed E-state index contributed by atoms with van der Waals surface area (Å²) in [6.45, 7) is 0.290. The Bertz CT molecular complexity index is 621. The van der Waals surface area contributed by atoms with Crippen LogP contribution in [0.4, 0.5) is 0 Å². The number of sulfonamides is 1. The minimum absolute atomic E-state index is 0.00149. The van der Waals surface area contributed by atoms with Crippen molar-refractivity contribution >= 4 is 50.5 Å². The maximum atomic E-state index is 12.1. The van der Waals surface area contributed by atoms with Crippen molar-refractivity contribution in [1.29, 1.82) is 0 Å². The van der Waals surface area contributed by atoms with Gasteiger partial charge in [0.2, 0.25) is 10.0 Å². The van der Waals surface area contributed by atoms with Gasteiger partial charge in [-0.3, -0.25) is 4.79 Å². The fourth-order valence-electron chi connectivity index (χ4n) is 2.43. The number of hydrogen-bond acceptors (Lipinski definition) is 4. The van der Waals surface area contributed by atoms with Crippen LogP contribution in [0.25, 0.3) is 0 Å². The Hall–Kier alpha value is -0.340. The van der Waals surface area contributed by atoms with E-state index in [1.165, 1.54) is 6.07 Å². The molecule has 1 aromatic heterocycles. The van der Waals surface area contributed by atoms with Gasteiger partial charge in [-0.1, -0.05) is 23.2 Å². The van der Waals surface area contributed by atoms with Crippen LogP contribution in [0.15, 0.2) is 11.0 Å². The second-order valence-corrected chi connectivity index (χ2v) is 9.12. The van der Waals surface area contributed by atoms with E-state index in [4.69, 9.17) is 28.3 Å². The van der Waals surface area contributed by atoms with Crippen molar-refractivity contribution in [3.8, 4) is 0 Å². The van der Waals surface area contributed by atoms with Crippen molar-refractivity contribution in [2.75, 3.05) is 6.54 Å². The molecule has 118 valence electrons. The van der Waals surface area contributed by atoms with E-state index in [-0.39, 0.29) is 21.1 Å². The maximum Gasteiger partial charge on any atom is 0.306 e. The number of nitrogens with one attached hydrogen (secondary N) is 1. The highest BCUT2D eigenvalue weighted by Crippen LogP contribution is 2.34. The Kier molecular flexibility index (Phi) is 5.54. The smallest absolute Gasteiger partial charge is 0.306 e. The second kappa shape index (κ2) is 6.83. The number of carboxylic acids is 1. The zero-order chi connectivity index (χ0) is 15.6. The summed E-state index contributed by atoms with van der Waals surface area (Å²) >= 11 is 12.6. The number of thiophene rings is 1. The summed E-state index contributed by atoms with van der Waals surface area (Å²) in [5.41, 5.74) is 0. The SMILES string of the molecule is O=C(O)C1CCC(CNS(=O)(=O)c2cc(Cl)sc2Cl)CC1. The molecule has 0 bridgehead atoms. The molecule has 1 aromatic rings. The van der Waals surface area contributed by atoms with E-state index in [0.717, 1.165) is 11.3 Å². The number of carboxylic acid groups (broad SMARTS) is 1. The molecular weight excluding hydrogens is 357 g/mol. The van der Waals surface area contributed by atoms with Crippen LogP contribution in [0.3, 0.4) is 0 Å². The first kappa shape index (κ1) is 17.0. The van der Waals surface area contributed by atoms with Crippen molar-refractivity contribution in [3.05, 3.63) is 14.7 Å². The Morgan fingerprint density at radius 3 is 2.43 bits per heavy atom. The van der Waals surface area contributed by atoms with Crippen LogP contribution in [0.5, 0.6) is 0 Å². The van der Waals surface area contributed by atoms with Crippen molar-refractivity contribution < 1.29 is 18.3 Å². The molecule has 9 heteroatoms. The van der Waals surface area contributed by atoms with Gasteiger partial charge in [0.1, 0.15) is 9.23 Å². The average molecular weight is 372 g/mol. The first-order chi connectivity index (χ1) is 9.79. The molecule has 0 spiro atoms. The minimum Gasteiger partial charge on any atom is -0.481 e. The first-order valence-corrected chi connectivity index (χ1v) is 9.52. The predicted octanol–water partition coefficient (Wildman–Crippen LogP) is 3.22. The van der Waals surface area contributed by atoms with Gasteiger partial charge in [0, 0.05) is 6.54 Å². The average Bonchev–Trinajstić information content (AvgIpc) is 2.77. The molecule has 1 heterocycles. The zero-order valence-electron chi connectivity index (χ0n) is 11.0. The number of hydrogen-bond donors (Lipinski definition) is 2. The van der Waals surface area contributed by atoms with Crippen LogP contribution in [-0.2, 0) is 14.8 Å². The normalized spacial score (nSPS) is 23.1. The Balaban J connectivity index is 1.91. The molecule has 1 aliphatic carbocycles. The predicted molar refractivity (Wildman–Crippen MR) is 82.6 cm³/mol. The van der Waals surface area contributed by atoms with Crippen LogP contribution in [-0.4, -0.2) is 26.0 Å². The Morgan fingerprint density at radius 2 is 1.95 bits per heavy atom. The lowest BCUT2D eigenvalue weighted by Gasteiger charge is -2.26. The van der Waals surface area contributed by atoms with Crippen LogP contribution in [0, 0.1) is 11.8 Å². The molecule has 0 saturated heterocycles. The molecule has 1 aliphatic rings. The number of aliphatic carboxylic acids is 1. The summed E-state index contributed by atoms with van der Waals surface area (Å²) in [4.78, 5) is 10.9. The van der Waals surface area contributed by atoms with Gasteiger partial charge >= 0.3 is 5.97 Å². The maximum absolute atomic E-state index is 12.1. The van der Waals surface area contributed by atoms with Gasteiger partial charge in [-0.25, -0.2) is 13.1 Å². The number of halogens is 2. The monoisotopic (exact) mass is 371 g/mol. The lowest BCUT2D eigenvalue weighted by atomic mass is 9.82. The summed E-state index contributed by atoms with van der Waals surface area (Å²) in [6, 6.07) is 1.33. The Labute approximate surface area is 137 Å². The number of carbonyl (C=O) groups is 1. The Morgan fingerprint density at radius 1 is 1.33 bits per heavy atom. The molecule has 1 fully saturated rings. The van der Waals surface area contributed by atoms with Gasteiger partial charge in [0.25, 0.3) is 0 Å². The first-order valence-electron chi connectivity index (χ1n) is 6.47. The van der Waals surface area contributed by atoms with Crippen molar-refractivity contribution in [2.24, 2.45) is 11.8 Å².